The van der Waals surface area contributed by atoms with Crippen molar-refractivity contribution in [3.8, 4) is 5.75 Å². The van der Waals surface area contributed by atoms with Gasteiger partial charge in [0.2, 0.25) is 11.8 Å². The van der Waals surface area contributed by atoms with Crippen LogP contribution in [0.5, 0.6) is 5.75 Å². The van der Waals surface area contributed by atoms with E-state index in [1.807, 2.05) is 121 Å². The van der Waals surface area contributed by atoms with Crippen LogP contribution in [0.15, 0.2) is 141 Å². The zero-order valence-electron chi connectivity index (χ0n) is 35.8. The van der Waals surface area contributed by atoms with Crippen LogP contribution in [0.25, 0.3) is 0 Å². The number of benzene rings is 4. The van der Waals surface area contributed by atoms with Crippen LogP contribution in [0, 0.1) is 11.8 Å². The fraction of sp³-hybridized carbons (Fsp3) is 0.373. The minimum Gasteiger partial charge on any atom is -0.489 e. The van der Waals surface area contributed by atoms with E-state index < -0.39 is 24.1 Å². The first kappa shape index (κ1) is 48.5. The Labute approximate surface area is 367 Å². The molecule has 0 fully saturated rings. The van der Waals surface area contributed by atoms with Gasteiger partial charge in [-0.1, -0.05) is 115 Å². The Hall–Kier alpha value is -6.20. The van der Waals surface area contributed by atoms with Crippen molar-refractivity contribution in [3.63, 3.8) is 0 Å². The summed E-state index contributed by atoms with van der Waals surface area (Å²) in [5.41, 5.74) is 3.88. The summed E-state index contributed by atoms with van der Waals surface area (Å²) in [7, 11) is 0. The van der Waals surface area contributed by atoms with E-state index in [1.165, 1.54) is 0 Å². The number of alkyl carbamates (subject to hydrolysis) is 1. The number of amides is 3. The summed E-state index contributed by atoms with van der Waals surface area (Å²) in [5.74, 6) is -1.52. The van der Waals surface area contributed by atoms with Gasteiger partial charge in [0.05, 0.1) is 30.5 Å². The van der Waals surface area contributed by atoms with Gasteiger partial charge in [-0.15, -0.1) is 13.2 Å². The van der Waals surface area contributed by atoms with Crippen LogP contribution in [0.4, 0.5) is 4.79 Å². The molecule has 4 unspecified atom stereocenters. The van der Waals surface area contributed by atoms with Crippen LogP contribution >= 0.6 is 0 Å². The van der Waals surface area contributed by atoms with Gasteiger partial charge in [-0.2, -0.15) is 0 Å². The highest BCUT2D eigenvalue weighted by atomic mass is 16.5. The van der Waals surface area contributed by atoms with E-state index in [9.17, 15) is 24.3 Å². The van der Waals surface area contributed by atoms with Gasteiger partial charge in [-0.25, -0.2) is 4.79 Å². The normalized spacial score (nSPS) is 12.7. The highest BCUT2D eigenvalue weighted by Gasteiger charge is 2.27. The summed E-state index contributed by atoms with van der Waals surface area (Å²) in [6.45, 7) is 8.24. The predicted molar refractivity (Wildman–Crippen MR) is 242 cm³/mol. The fourth-order valence-corrected chi connectivity index (χ4v) is 6.91. The minimum absolute atomic E-state index is 0.0560. The van der Waals surface area contributed by atoms with Crippen molar-refractivity contribution in [1.29, 1.82) is 0 Å². The minimum atomic E-state index is -0.753. The molecule has 4 aromatic carbocycles. The Morgan fingerprint density at radius 1 is 0.629 bits per heavy atom. The maximum Gasteiger partial charge on any atom is 0.407 e. The van der Waals surface area contributed by atoms with Crippen molar-refractivity contribution in [3.05, 3.63) is 163 Å². The molecule has 0 aromatic heterocycles. The summed E-state index contributed by atoms with van der Waals surface area (Å²) in [5, 5.41) is 18.9. The molecule has 0 aliphatic rings. The maximum absolute atomic E-state index is 13.8. The lowest BCUT2D eigenvalue weighted by atomic mass is 9.94. The Bertz CT molecular complexity index is 1930. The summed E-state index contributed by atoms with van der Waals surface area (Å²) in [6.07, 6.45) is 7.74. The first-order chi connectivity index (χ1) is 30.3. The van der Waals surface area contributed by atoms with Crippen molar-refractivity contribution >= 4 is 23.9 Å². The van der Waals surface area contributed by atoms with Crippen LogP contribution in [0.1, 0.15) is 73.6 Å². The summed E-state index contributed by atoms with van der Waals surface area (Å²) in [4.78, 5) is 53.1. The van der Waals surface area contributed by atoms with Crippen molar-refractivity contribution in [2.45, 2.75) is 89.5 Å². The fourth-order valence-electron chi connectivity index (χ4n) is 6.91. The Balaban J connectivity index is 1.33. The lowest BCUT2D eigenvalue weighted by Crippen LogP contribution is -2.45. The van der Waals surface area contributed by atoms with Gasteiger partial charge < -0.3 is 35.3 Å². The monoisotopic (exact) mass is 845 g/mol. The van der Waals surface area contributed by atoms with Gasteiger partial charge in [-0.3, -0.25) is 14.4 Å². The molecular weight excluding hydrogens is 783 g/mol. The van der Waals surface area contributed by atoms with E-state index in [1.54, 1.807) is 6.08 Å². The molecule has 11 heteroatoms. The number of aliphatic hydroxyl groups is 1. The second-order valence-electron chi connectivity index (χ2n) is 15.4. The molecule has 3 amide bonds. The van der Waals surface area contributed by atoms with E-state index in [4.69, 9.17) is 14.2 Å². The molecule has 0 saturated carbocycles. The molecule has 330 valence electrons. The highest BCUT2D eigenvalue weighted by Crippen LogP contribution is 2.20. The first-order valence-electron chi connectivity index (χ1n) is 21.6. The van der Waals surface area contributed by atoms with Gasteiger partial charge in [0, 0.05) is 13.0 Å². The SMILES string of the molecule is C=CCCCC(Cc1ccccc1)C(=O)OCC(CCCCNC(=O)OCc1ccccc1)NC(=O)C(CC=C)CC(=O)NC(CO)Cc1ccc(OCc2ccccc2)cc1. The maximum atomic E-state index is 13.8. The number of unbranched alkanes of at least 4 members (excludes halogenated alkanes) is 2. The smallest absolute Gasteiger partial charge is 0.407 e. The lowest BCUT2D eigenvalue weighted by molar-refractivity contribution is -0.150. The van der Waals surface area contributed by atoms with Crippen molar-refractivity contribution in [2.75, 3.05) is 19.8 Å². The quantitative estimate of drug-likeness (QED) is 0.0243. The zero-order chi connectivity index (χ0) is 44.2. The number of carbonyl (C=O) groups excluding carboxylic acids is 4. The van der Waals surface area contributed by atoms with Crippen LogP contribution < -0.4 is 20.7 Å². The number of esters is 1. The molecule has 11 nitrogen and oxygen atoms in total. The number of allylic oxidation sites excluding steroid dienone is 2. The average Bonchev–Trinajstić information content (AvgIpc) is 3.29. The van der Waals surface area contributed by atoms with E-state index in [0.717, 1.165) is 35.1 Å². The molecule has 0 aliphatic heterocycles. The number of aliphatic hydroxyl groups excluding tert-OH is 1. The molecule has 4 N–H and O–H groups in total. The van der Waals surface area contributed by atoms with Gasteiger partial charge in [0.15, 0.2) is 0 Å². The molecular formula is C51H63N3O8. The van der Waals surface area contributed by atoms with Crippen molar-refractivity contribution < 1.29 is 38.5 Å². The Kier molecular flexibility index (Phi) is 22.2. The summed E-state index contributed by atoms with van der Waals surface area (Å²) >= 11 is 0. The Morgan fingerprint density at radius 3 is 1.89 bits per heavy atom. The number of carbonyl (C=O) groups is 4. The lowest BCUT2D eigenvalue weighted by Gasteiger charge is -2.24. The molecule has 0 spiro atoms. The van der Waals surface area contributed by atoms with E-state index >= 15 is 0 Å². The third-order valence-electron chi connectivity index (χ3n) is 10.3. The van der Waals surface area contributed by atoms with E-state index in [-0.39, 0.29) is 56.4 Å². The first-order valence-corrected chi connectivity index (χ1v) is 21.6. The van der Waals surface area contributed by atoms with Gasteiger partial charge in [0.1, 0.15) is 25.6 Å². The van der Waals surface area contributed by atoms with Crippen LogP contribution in [0.3, 0.4) is 0 Å². The number of hydrogen-bond donors (Lipinski definition) is 4. The number of nitrogens with one attached hydrogen (secondary N) is 3. The number of ether oxygens (including phenoxy) is 3. The van der Waals surface area contributed by atoms with E-state index in [0.29, 0.717) is 57.4 Å². The standard InChI is InChI=1S/C51H63N3O8/c1-3-5-9-25-44(32-39-19-10-6-11-20-39)50(58)61-38-45(26-16-17-31-52-51(59)62-37-42-23-14-8-15-24-42)54-49(57)43(18-4-2)34-48(56)53-46(35-55)33-40-27-29-47(30-28-40)60-36-41-21-12-7-13-22-41/h3-4,6-8,10-15,19-24,27-30,43-46,55H,1-2,5,9,16-18,25-26,31-38H2,(H,52,59)(H,53,56)(H,54,57). The highest BCUT2D eigenvalue weighted by molar-refractivity contribution is 5.86. The third kappa shape index (κ3) is 19.0. The second kappa shape index (κ2) is 28.3. The van der Waals surface area contributed by atoms with E-state index in [2.05, 4.69) is 29.1 Å². The van der Waals surface area contributed by atoms with Gasteiger partial charge in [-0.05, 0) is 92.2 Å². The van der Waals surface area contributed by atoms with Crippen LogP contribution in [0.2, 0.25) is 0 Å². The molecule has 0 saturated heterocycles. The zero-order valence-corrected chi connectivity index (χ0v) is 35.8. The summed E-state index contributed by atoms with van der Waals surface area (Å²) < 4.78 is 17.1. The third-order valence-corrected chi connectivity index (χ3v) is 10.3. The van der Waals surface area contributed by atoms with Crippen molar-refractivity contribution in [1.82, 2.24) is 16.0 Å². The molecule has 0 heterocycles. The predicted octanol–water partition coefficient (Wildman–Crippen LogP) is 8.21. The van der Waals surface area contributed by atoms with Crippen LogP contribution in [-0.4, -0.2) is 60.8 Å². The van der Waals surface area contributed by atoms with Gasteiger partial charge >= 0.3 is 12.1 Å². The van der Waals surface area contributed by atoms with Crippen molar-refractivity contribution in [2.24, 2.45) is 11.8 Å². The molecule has 62 heavy (non-hydrogen) atoms. The number of rotatable bonds is 29. The average molecular weight is 846 g/mol. The van der Waals surface area contributed by atoms with Gasteiger partial charge in [0.25, 0.3) is 0 Å². The topological polar surface area (TPSA) is 152 Å². The molecule has 0 aliphatic carbocycles. The molecule has 4 aromatic rings. The second-order valence-corrected chi connectivity index (χ2v) is 15.4. The molecule has 0 bridgehead atoms. The molecule has 4 atom stereocenters. The molecule has 0 radical (unpaired) electrons. The largest absolute Gasteiger partial charge is 0.489 e. The molecule has 4 rings (SSSR count). The number of hydrogen-bond acceptors (Lipinski definition) is 8. The Morgan fingerprint density at radius 2 is 1.26 bits per heavy atom. The van der Waals surface area contributed by atoms with Crippen LogP contribution in [-0.2, 0) is 49.9 Å². The summed E-state index contributed by atoms with van der Waals surface area (Å²) in [6, 6.07) is 35.5.